The van der Waals surface area contributed by atoms with Crippen molar-refractivity contribution in [3.05, 3.63) is 69.9 Å². The lowest BCUT2D eigenvalue weighted by Crippen LogP contribution is -2.30. The molecule has 0 aliphatic heterocycles. The van der Waals surface area contributed by atoms with Gasteiger partial charge in [-0.3, -0.25) is 0 Å². The first-order valence-corrected chi connectivity index (χ1v) is 7.65. The zero-order valence-corrected chi connectivity index (χ0v) is 13.1. The average Bonchev–Trinajstić information content (AvgIpc) is 2.39. The number of nitrogens with two attached hydrogens (primary N) is 1. The third-order valence-electron chi connectivity index (χ3n) is 3.58. The Balaban J connectivity index is 2.15. The molecule has 0 amide bonds. The van der Waals surface area contributed by atoms with Gasteiger partial charge in [-0.1, -0.05) is 53.2 Å². The number of halogens is 2. The Morgan fingerprint density at radius 1 is 1.15 bits per heavy atom. The van der Waals surface area contributed by atoms with E-state index >= 15 is 0 Å². The van der Waals surface area contributed by atoms with Gasteiger partial charge in [0, 0.05) is 10.5 Å². The van der Waals surface area contributed by atoms with E-state index < -0.39 is 0 Å². The van der Waals surface area contributed by atoms with Crippen molar-refractivity contribution in [3.63, 3.8) is 0 Å². The minimum Gasteiger partial charge on any atom is -0.327 e. The maximum Gasteiger partial charge on any atom is 0.124 e. The van der Waals surface area contributed by atoms with Crippen LogP contribution < -0.4 is 5.73 Å². The van der Waals surface area contributed by atoms with Crippen molar-refractivity contribution >= 4 is 15.9 Å². The highest BCUT2D eigenvalue weighted by Crippen LogP contribution is 2.25. The van der Waals surface area contributed by atoms with E-state index in [9.17, 15) is 4.39 Å². The second kappa shape index (κ2) is 7.00. The van der Waals surface area contributed by atoms with Gasteiger partial charge in [0.25, 0.3) is 0 Å². The topological polar surface area (TPSA) is 26.0 Å². The number of rotatable bonds is 5. The van der Waals surface area contributed by atoms with E-state index in [1.165, 1.54) is 11.6 Å². The molecular formula is C17H19BrFN. The Hall–Kier alpha value is -1.19. The predicted octanol–water partition coefficient (Wildman–Crippen LogP) is 4.65. The van der Waals surface area contributed by atoms with Crippen LogP contribution in [-0.2, 0) is 6.42 Å². The number of hydrogen-bond acceptors (Lipinski definition) is 1. The maximum absolute atomic E-state index is 13.4. The Bertz CT molecular complexity index is 536. The lowest BCUT2D eigenvalue weighted by Gasteiger charge is -2.23. The molecule has 2 N–H and O–H groups in total. The molecule has 1 nitrogen and oxygen atoms in total. The van der Waals surface area contributed by atoms with Gasteiger partial charge in [0.2, 0.25) is 0 Å². The minimum absolute atomic E-state index is 0.0175. The fourth-order valence-corrected chi connectivity index (χ4v) is 3.14. The zero-order chi connectivity index (χ0) is 14.5. The smallest absolute Gasteiger partial charge is 0.124 e. The number of hydrogen-bond donors (Lipinski definition) is 1. The first-order chi connectivity index (χ1) is 9.60. The van der Waals surface area contributed by atoms with Crippen molar-refractivity contribution in [1.29, 1.82) is 0 Å². The lowest BCUT2D eigenvalue weighted by atomic mass is 9.86. The van der Waals surface area contributed by atoms with E-state index in [0.717, 1.165) is 16.5 Å². The Morgan fingerprint density at radius 3 is 2.45 bits per heavy atom. The van der Waals surface area contributed by atoms with Crippen LogP contribution in [0, 0.1) is 5.82 Å². The van der Waals surface area contributed by atoms with E-state index in [2.05, 4.69) is 35.0 Å². The molecule has 0 saturated heterocycles. The Labute approximate surface area is 128 Å². The van der Waals surface area contributed by atoms with Gasteiger partial charge in [-0.05, 0) is 48.1 Å². The van der Waals surface area contributed by atoms with Gasteiger partial charge in [-0.2, -0.15) is 0 Å². The molecule has 0 bridgehead atoms. The van der Waals surface area contributed by atoms with Crippen molar-refractivity contribution in [2.75, 3.05) is 0 Å². The summed E-state index contributed by atoms with van der Waals surface area (Å²) in [6.07, 6.45) is 1.64. The molecule has 2 aromatic rings. The van der Waals surface area contributed by atoms with Gasteiger partial charge < -0.3 is 5.73 Å². The summed E-state index contributed by atoms with van der Waals surface area (Å²) in [5.74, 6) is 0.0626. The summed E-state index contributed by atoms with van der Waals surface area (Å²) in [4.78, 5) is 0. The zero-order valence-electron chi connectivity index (χ0n) is 11.5. The molecule has 0 heterocycles. The molecule has 0 radical (unpaired) electrons. The van der Waals surface area contributed by atoms with Crippen LogP contribution in [-0.4, -0.2) is 6.04 Å². The molecule has 2 aromatic carbocycles. The normalized spacial score (nSPS) is 14.0. The molecule has 106 valence electrons. The summed E-state index contributed by atoms with van der Waals surface area (Å²) >= 11 is 3.32. The van der Waals surface area contributed by atoms with Gasteiger partial charge in [0.05, 0.1) is 0 Å². The summed E-state index contributed by atoms with van der Waals surface area (Å²) in [6.45, 7) is 2.14. The first kappa shape index (κ1) is 15.2. The highest BCUT2D eigenvalue weighted by Gasteiger charge is 2.18. The van der Waals surface area contributed by atoms with Gasteiger partial charge >= 0.3 is 0 Å². The van der Waals surface area contributed by atoms with E-state index in [-0.39, 0.29) is 11.9 Å². The summed E-state index contributed by atoms with van der Waals surface area (Å²) in [5.41, 5.74) is 8.53. The van der Waals surface area contributed by atoms with Crippen LogP contribution in [0.1, 0.15) is 30.4 Å². The SMILES string of the molecule is CCC(c1ccccc1)C(N)Cc1cc(F)cc(Br)c1. The fourth-order valence-electron chi connectivity index (χ4n) is 2.63. The van der Waals surface area contributed by atoms with E-state index in [1.807, 2.05) is 24.3 Å². The van der Waals surface area contributed by atoms with Crippen LogP contribution >= 0.6 is 15.9 Å². The Morgan fingerprint density at radius 2 is 1.85 bits per heavy atom. The van der Waals surface area contributed by atoms with Crippen molar-refractivity contribution in [1.82, 2.24) is 0 Å². The molecule has 0 aliphatic rings. The van der Waals surface area contributed by atoms with Crippen molar-refractivity contribution in [2.24, 2.45) is 5.73 Å². The number of benzene rings is 2. The van der Waals surface area contributed by atoms with E-state index in [1.54, 1.807) is 6.07 Å². The van der Waals surface area contributed by atoms with Crippen molar-refractivity contribution in [2.45, 2.75) is 31.7 Å². The van der Waals surface area contributed by atoms with E-state index in [4.69, 9.17) is 5.73 Å². The highest BCUT2D eigenvalue weighted by molar-refractivity contribution is 9.10. The first-order valence-electron chi connectivity index (χ1n) is 6.85. The fraction of sp³-hybridized carbons (Fsp3) is 0.294. The summed E-state index contributed by atoms with van der Waals surface area (Å²) in [6, 6.07) is 15.2. The van der Waals surface area contributed by atoms with Crippen LogP contribution in [0.3, 0.4) is 0 Å². The molecule has 2 unspecified atom stereocenters. The minimum atomic E-state index is -0.227. The van der Waals surface area contributed by atoms with Crippen LogP contribution in [0.15, 0.2) is 53.0 Å². The van der Waals surface area contributed by atoms with Gasteiger partial charge in [0.15, 0.2) is 0 Å². The molecule has 0 aliphatic carbocycles. The maximum atomic E-state index is 13.4. The van der Waals surface area contributed by atoms with Gasteiger partial charge in [-0.25, -0.2) is 4.39 Å². The quantitative estimate of drug-likeness (QED) is 0.845. The standard InChI is InChI=1S/C17H19BrFN/c1-2-16(13-6-4-3-5-7-13)17(20)10-12-8-14(18)11-15(19)9-12/h3-9,11,16-17H,2,10,20H2,1H3. The molecule has 3 heteroatoms. The van der Waals surface area contributed by atoms with Crippen LogP contribution in [0.2, 0.25) is 0 Å². The lowest BCUT2D eigenvalue weighted by molar-refractivity contribution is 0.513. The second-order valence-corrected chi connectivity index (χ2v) is 5.99. The molecule has 2 rings (SSSR count). The van der Waals surface area contributed by atoms with Gasteiger partial charge in [0.1, 0.15) is 5.82 Å². The highest BCUT2D eigenvalue weighted by atomic mass is 79.9. The summed E-state index contributed by atoms with van der Waals surface area (Å²) in [7, 11) is 0. The molecule has 0 fully saturated rings. The average molecular weight is 336 g/mol. The van der Waals surface area contributed by atoms with Crippen molar-refractivity contribution in [3.8, 4) is 0 Å². The largest absolute Gasteiger partial charge is 0.327 e. The molecule has 0 aromatic heterocycles. The third kappa shape index (κ3) is 3.90. The predicted molar refractivity (Wildman–Crippen MR) is 85.3 cm³/mol. The molecule has 20 heavy (non-hydrogen) atoms. The molecular weight excluding hydrogens is 317 g/mol. The second-order valence-electron chi connectivity index (χ2n) is 5.07. The Kier molecular flexibility index (Phi) is 5.32. The summed E-state index contributed by atoms with van der Waals surface area (Å²) < 4.78 is 14.2. The van der Waals surface area contributed by atoms with Crippen LogP contribution in [0.25, 0.3) is 0 Å². The molecule has 0 spiro atoms. The molecule has 0 saturated carbocycles. The van der Waals surface area contributed by atoms with Gasteiger partial charge in [-0.15, -0.1) is 0 Å². The third-order valence-corrected chi connectivity index (χ3v) is 4.04. The summed E-state index contributed by atoms with van der Waals surface area (Å²) in [5, 5.41) is 0. The monoisotopic (exact) mass is 335 g/mol. The van der Waals surface area contributed by atoms with E-state index in [0.29, 0.717) is 12.3 Å². The van der Waals surface area contributed by atoms with Crippen LogP contribution in [0.4, 0.5) is 4.39 Å². The molecule has 2 atom stereocenters. The van der Waals surface area contributed by atoms with Crippen molar-refractivity contribution < 1.29 is 4.39 Å². The van der Waals surface area contributed by atoms with Crippen LogP contribution in [0.5, 0.6) is 0 Å².